The fourth-order valence-electron chi connectivity index (χ4n) is 6.02. The van der Waals surface area contributed by atoms with Gasteiger partial charge >= 0.3 is 5.97 Å². The molecule has 0 bridgehead atoms. The molecule has 0 aromatic heterocycles. The second-order valence-electron chi connectivity index (χ2n) is 10.6. The highest BCUT2D eigenvalue weighted by molar-refractivity contribution is 5.70. The monoisotopic (exact) mass is 406 g/mol. The van der Waals surface area contributed by atoms with Crippen molar-refractivity contribution in [3.63, 3.8) is 0 Å². The smallest absolute Gasteiger partial charge is 0.306 e. The quantitative estimate of drug-likeness (QED) is 0.451. The molecule has 4 heteroatoms. The van der Waals surface area contributed by atoms with Gasteiger partial charge in [0.2, 0.25) is 0 Å². The number of hydrogen-bond donors (Lipinski definition) is 2. The van der Waals surface area contributed by atoms with Crippen molar-refractivity contribution in [2.75, 3.05) is 6.61 Å². The molecule has 2 N–H and O–H groups in total. The van der Waals surface area contributed by atoms with E-state index in [-0.39, 0.29) is 35.2 Å². The molecule has 166 valence electrons. The van der Waals surface area contributed by atoms with E-state index in [0.29, 0.717) is 6.42 Å². The minimum Gasteiger partial charge on any atom is -0.459 e. The van der Waals surface area contributed by atoms with Crippen molar-refractivity contribution in [1.29, 1.82) is 0 Å². The van der Waals surface area contributed by atoms with E-state index < -0.39 is 12.2 Å². The van der Waals surface area contributed by atoms with Crippen molar-refractivity contribution in [2.24, 2.45) is 22.7 Å². The fourth-order valence-corrected chi connectivity index (χ4v) is 6.02. The zero-order valence-corrected chi connectivity index (χ0v) is 19.5. The summed E-state index contributed by atoms with van der Waals surface area (Å²) in [5.41, 5.74) is 3.36. The molecule has 29 heavy (non-hydrogen) atoms. The molecular formula is C25H42O4. The summed E-state index contributed by atoms with van der Waals surface area (Å²) in [5, 5.41) is 20.4. The summed E-state index contributed by atoms with van der Waals surface area (Å²) < 4.78 is 6.00. The van der Waals surface area contributed by atoms with Crippen LogP contribution in [0.25, 0.3) is 0 Å². The second-order valence-corrected chi connectivity index (χ2v) is 10.6. The maximum absolute atomic E-state index is 12.6. The number of aliphatic hydroxyl groups is 2. The minimum atomic E-state index is -0.751. The van der Waals surface area contributed by atoms with E-state index in [1.165, 1.54) is 11.1 Å². The van der Waals surface area contributed by atoms with Crippen LogP contribution in [0.5, 0.6) is 0 Å². The van der Waals surface area contributed by atoms with Crippen LogP contribution >= 0.6 is 0 Å². The van der Waals surface area contributed by atoms with Crippen molar-refractivity contribution in [3.05, 3.63) is 22.8 Å². The lowest BCUT2D eigenvalue weighted by molar-refractivity contribution is -0.176. The van der Waals surface area contributed by atoms with Crippen molar-refractivity contribution in [3.8, 4) is 0 Å². The van der Waals surface area contributed by atoms with Gasteiger partial charge in [-0.15, -0.1) is 0 Å². The SMILES string of the molecule is CC(=CCO)CCC1=C(C)[C@@H](O)[C@H](OC(=O)CC(C)C)[C@H]2C(C)(C)CCC[C@]12C. The summed E-state index contributed by atoms with van der Waals surface area (Å²) in [6.07, 6.45) is 6.03. The molecule has 1 saturated carbocycles. The average molecular weight is 407 g/mol. The molecule has 0 unspecified atom stereocenters. The molecule has 0 aromatic carbocycles. The molecule has 0 radical (unpaired) electrons. The van der Waals surface area contributed by atoms with Gasteiger partial charge in [0.15, 0.2) is 0 Å². The zero-order chi connectivity index (χ0) is 22.0. The van der Waals surface area contributed by atoms with Gasteiger partial charge in [0.1, 0.15) is 12.2 Å². The van der Waals surface area contributed by atoms with Crippen LogP contribution in [0.1, 0.15) is 87.0 Å². The van der Waals surface area contributed by atoms with Gasteiger partial charge in [-0.25, -0.2) is 0 Å². The Kier molecular flexibility index (Phi) is 7.78. The van der Waals surface area contributed by atoms with Crippen molar-refractivity contribution >= 4 is 5.97 Å². The standard InChI is InChI=1S/C25H42O4/c1-16(2)15-20(27)29-22-21(28)18(4)19(10-9-17(3)11-14-26)25(7)13-8-12-24(5,6)23(22)25/h11,16,21-23,26,28H,8-10,12-15H2,1-7H3/t21-,22+,23+,25-/m1/s1. The minimum absolute atomic E-state index is 0.0152. The summed E-state index contributed by atoms with van der Waals surface area (Å²) in [4.78, 5) is 12.6. The number of fused-ring (bicyclic) bond motifs is 1. The molecule has 0 saturated heterocycles. The Morgan fingerprint density at radius 2 is 1.93 bits per heavy atom. The number of ether oxygens (including phenoxy) is 1. The second kappa shape index (κ2) is 9.34. The summed E-state index contributed by atoms with van der Waals surface area (Å²) >= 11 is 0. The number of esters is 1. The molecule has 0 aromatic rings. The Hall–Kier alpha value is -1.13. The maximum atomic E-state index is 12.6. The third kappa shape index (κ3) is 5.14. The van der Waals surface area contributed by atoms with Crippen molar-refractivity contribution < 1.29 is 19.7 Å². The predicted octanol–water partition coefficient (Wildman–Crippen LogP) is 5.19. The Labute approximate surface area is 177 Å². The molecule has 0 aliphatic heterocycles. The zero-order valence-electron chi connectivity index (χ0n) is 19.5. The number of rotatable bonds is 7. The van der Waals surface area contributed by atoms with Gasteiger partial charge in [-0.1, -0.05) is 58.3 Å². The van der Waals surface area contributed by atoms with E-state index in [1.54, 1.807) is 0 Å². The molecular weight excluding hydrogens is 364 g/mol. The van der Waals surface area contributed by atoms with Crippen LogP contribution in [0.3, 0.4) is 0 Å². The average Bonchev–Trinajstić information content (AvgIpc) is 2.57. The van der Waals surface area contributed by atoms with Crippen LogP contribution < -0.4 is 0 Å². The Morgan fingerprint density at radius 1 is 1.28 bits per heavy atom. The Bertz CT molecular complexity index is 658. The number of carbonyl (C=O) groups excluding carboxylic acids is 1. The van der Waals surface area contributed by atoms with Crippen LogP contribution in [-0.4, -0.2) is 35.0 Å². The number of allylic oxidation sites excluding steroid dienone is 2. The van der Waals surface area contributed by atoms with E-state index in [0.717, 1.165) is 37.7 Å². The fraction of sp³-hybridized carbons (Fsp3) is 0.800. The third-order valence-corrected chi connectivity index (χ3v) is 7.35. The predicted molar refractivity (Wildman–Crippen MR) is 117 cm³/mol. The van der Waals surface area contributed by atoms with Gasteiger partial charge < -0.3 is 14.9 Å². The highest BCUT2D eigenvalue weighted by Crippen LogP contribution is 2.61. The molecule has 2 aliphatic carbocycles. The first-order valence-corrected chi connectivity index (χ1v) is 11.3. The molecule has 0 spiro atoms. The molecule has 4 nitrogen and oxygen atoms in total. The van der Waals surface area contributed by atoms with Crippen LogP contribution in [0.4, 0.5) is 0 Å². The van der Waals surface area contributed by atoms with E-state index in [1.807, 2.05) is 33.8 Å². The summed E-state index contributed by atoms with van der Waals surface area (Å²) in [6, 6.07) is 0. The van der Waals surface area contributed by atoms with E-state index >= 15 is 0 Å². The lowest BCUT2D eigenvalue weighted by Gasteiger charge is -2.58. The molecule has 4 atom stereocenters. The van der Waals surface area contributed by atoms with Crippen molar-refractivity contribution in [1.82, 2.24) is 0 Å². The lowest BCUT2D eigenvalue weighted by Crippen LogP contribution is -2.58. The van der Waals surface area contributed by atoms with E-state index in [9.17, 15) is 15.0 Å². The first-order chi connectivity index (χ1) is 13.4. The highest BCUT2D eigenvalue weighted by Gasteiger charge is 2.57. The van der Waals surface area contributed by atoms with E-state index in [4.69, 9.17) is 4.74 Å². The first-order valence-electron chi connectivity index (χ1n) is 11.3. The highest BCUT2D eigenvalue weighted by atomic mass is 16.6. The van der Waals surface area contributed by atoms with Gasteiger partial charge in [-0.3, -0.25) is 4.79 Å². The van der Waals surface area contributed by atoms with Crippen LogP contribution in [0, 0.1) is 22.7 Å². The number of carbonyl (C=O) groups is 1. The van der Waals surface area contributed by atoms with Gasteiger partial charge in [0.05, 0.1) is 6.61 Å². The summed E-state index contributed by atoms with van der Waals surface area (Å²) in [7, 11) is 0. The molecule has 0 amide bonds. The summed E-state index contributed by atoms with van der Waals surface area (Å²) in [6.45, 7) is 15.0. The normalized spacial score (nSPS) is 32.3. The van der Waals surface area contributed by atoms with Gasteiger partial charge in [0.25, 0.3) is 0 Å². The molecule has 2 aliphatic rings. The molecule has 0 heterocycles. The van der Waals surface area contributed by atoms with Crippen LogP contribution in [-0.2, 0) is 9.53 Å². The first kappa shape index (κ1) is 24.1. The van der Waals surface area contributed by atoms with E-state index in [2.05, 4.69) is 20.8 Å². The van der Waals surface area contributed by atoms with Crippen molar-refractivity contribution in [2.45, 2.75) is 99.2 Å². The molecule has 1 fully saturated rings. The van der Waals surface area contributed by atoms with Crippen LogP contribution in [0.2, 0.25) is 0 Å². The largest absolute Gasteiger partial charge is 0.459 e. The maximum Gasteiger partial charge on any atom is 0.306 e. The molecule has 2 rings (SSSR count). The lowest BCUT2D eigenvalue weighted by atomic mass is 9.48. The van der Waals surface area contributed by atoms with Gasteiger partial charge in [0, 0.05) is 12.3 Å². The van der Waals surface area contributed by atoms with Gasteiger partial charge in [-0.2, -0.15) is 0 Å². The number of aliphatic hydroxyl groups excluding tert-OH is 2. The Balaban J connectivity index is 2.44. The summed E-state index contributed by atoms with van der Waals surface area (Å²) in [5.74, 6) is 0.129. The topological polar surface area (TPSA) is 66.8 Å². The van der Waals surface area contributed by atoms with Crippen LogP contribution in [0.15, 0.2) is 22.8 Å². The number of hydrogen-bond acceptors (Lipinski definition) is 4. The third-order valence-electron chi connectivity index (χ3n) is 7.35. The van der Waals surface area contributed by atoms with Gasteiger partial charge in [-0.05, 0) is 61.9 Å². The Morgan fingerprint density at radius 3 is 2.52 bits per heavy atom.